The maximum absolute atomic E-state index is 13.3. The maximum Gasteiger partial charge on any atom is 0.433 e. The van der Waals surface area contributed by atoms with Gasteiger partial charge in [-0.3, -0.25) is 4.40 Å². The Bertz CT molecular complexity index is 1050. The Morgan fingerprint density at radius 3 is 2.33 bits per heavy atom. The van der Waals surface area contributed by atoms with Gasteiger partial charge in [0.2, 0.25) is 0 Å². The second kappa shape index (κ2) is 6.10. The molecule has 11 heteroatoms. The summed E-state index contributed by atoms with van der Waals surface area (Å²) < 4.78 is 85.0. The van der Waals surface area contributed by atoms with Gasteiger partial charge in [0.15, 0.2) is 5.69 Å². The van der Waals surface area contributed by atoms with Gasteiger partial charge in [-0.05, 0) is 32.0 Å². The normalized spacial score (nSPS) is 12.7. The summed E-state index contributed by atoms with van der Waals surface area (Å²) in [4.78, 5) is 19.3. The van der Waals surface area contributed by atoms with E-state index in [4.69, 9.17) is 4.74 Å². The highest BCUT2D eigenvalue weighted by Crippen LogP contribution is 2.39. The lowest BCUT2D eigenvalue weighted by Gasteiger charge is -2.15. The Morgan fingerprint density at radius 2 is 1.78 bits per heavy atom. The summed E-state index contributed by atoms with van der Waals surface area (Å²) in [6, 6.07) is 2.11. The first-order chi connectivity index (χ1) is 12.4. The number of hydrogen-bond donors (Lipinski definition) is 0. The zero-order chi connectivity index (χ0) is 20.1. The van der Waals surface area contributed by atoms with Gasteiger partial charge in [-0.1, -0.05) is 0 Å². The van der Waals surface area contributed by atoms with Crippen molar-refractivity contribution in [3.05, 3.63) is 40.8 Å². The fraction of sp³-hybridized carbons (Fsp3) is 0.312. The number of pyridine rings is 2. The molecule has 3 aromatic heterocycles. The third-order valence-electron chi connectivity index (χ3n) is 3.85. The molecule has 0 fully saturated rings. The number of esters is 1. The molecule has 0 N–H and O–H groups in total. The second-order valence-corrected chi connectivity index (χ2v) is 5.58. The number of carbonyl (C=O) groups excluding carboxylic acids is 1. The number of nitrogens with zero attached hydrogens (tertiary/aromatic N) is 3. The molecule has 0 amide bonds. The molecule has 0 aromatic carbocycles. The Labute approximate surface area is 147 Å². The Hall–Kier alpha value is -2.85. The molecule has 5 nitrogen and oxygen atoms in total. The fourth-order valence-corrected chi connectivity index (χ4v) is 2.71. The van der Waals surface area contributed by atoms with Crippen molar-refractivity contribution in [2.45, 2.75) is 26.2 Å². The van der Waals surface area contributed by atoms with Crippen LogP contribution in [0.4, 0.5) is 26.3 Å². The first-order valence-electron chi connectivity index (χ1n) is 7.59. The molecule has 3 aromatic rings. The summed E-state index contributed by atoms with van der Waals surface area (Å²) in [5.41, 5.74) is -3.99. The average molecular weight is 391 g/mol. The predicted molar refractivity (Wildman–Crippen MR) is 81.2 cm³/mol. The van der Waals surface area contributed by atoms with Crippen molar-refractivity contribution in [1.82, 2.24) is 14.4 Å². The summed E-state index contributed by atoms with van der Waals surface area (Å²) in [6.07, 6.45) is -10.1. The van der Waals surface area contributed by atoms with E-state index in [1.165, 1.54) is 13.0 Å². The van der Waals surface area contributed by atoms with Crippen LogP contribution in [0.3, 0.4) is 0 Å². The molecular weight excluding hydrogens is 380 g/mol. The molecule has 3 heterocycles. The van der Waals surface area contributed by atoms with Gasteiger partial charge in [-0.2, -0.15) is 26.3 Å². The van der Waals surface area contributed by atoms with E-state index in [1.807, 2.05) is 0 Å². The van der Waals surface area contributed by atoms with Crippen molar-refractivity contribution >= 4 is 22.6 Å². The lowest BCUT2D eigenvalue weighted by atomic mass is 10.1. The number of halogens is 6. The molecule has 0 unspecified atom stereocenters. The molecule has 0 aliphatic rings. The van der Waals surface area contributed by atoms with Crippen molar-refractivity contribution in [3.63, 3.8) is 0 Å². The van der Waals surface area contributed by atoms with Gasteiger partial charge >= 0.3 is 18.3 Å². The van der Waals surface area contributed by atoms with E-state index in [1.54, 1.807) is 6.92 Å². The number of imidazole rings is 1. The summed E-state index contributed by atoms with van der Waals surface area (Å²) in [7, 11) is 0. The number of alkyl halides is 6. The van der Waals surface area contributed by atoms with Crippen LogP contribution in [-0.2, 0) is 17.1 Å². The van der Waals surface area contributed by atoms with Crippen molar-refractivity contribution in [3.8, 4) is 0 Å². The third kappa shape index (κ3) is 3.17. The average Bonchev–Trinajstić information content (AvgIpc) is 2.89. The largest absolute Gasteiger partial charge is 0.461 e. The number of aryl methyl sites for hydroxylation is 1. The summed E-state index contributed by atoms with van der Waals surface area (Å²) in [6.45, 7) is 2.91. The number of rotatable bonds is 2. The highest BCUT2D eigenvalue weighted by atomic mass is 19.4. The van der Waals surface area contributed by atoms with Gasteiger partial charge < -0.3 is 4.74 Å². The number of carbonyl (C=O) groups is 1. The van der Waals surface area contributed by atoms with Crippen LogP contribution < -0.4 is 0 Å². The van der Waals surface area contributed by atoms with Crippen LogP contribution >= 0.6 is 0 Å². The van der Waals surface area contributed by atoms with E-state index in [9.17, 15) is 31.1 Å². The van der Waals surface area contributed by atoms with Crippen molar-refractivity contribution in [1.29, 1.82) is 0 Å². The van der Waals surface area contributed by atoms with Crippen LogP contribution in [0.15, 0.2) is 18.2 Å². The second-order valence-electron chi connectivity index (χ2n) is 5.58. The minimum absolute atomic E-state index is 0.0222. The molecule has 0 saturated carbocycles. The van der Waals surface area contributed by atoms with Crippen LogP contribution in [-0.4, -0.2) is 26.9 Å². The highest BCUT2D eigenvalue weighted by molar-refractivity contribution is 5.91. The van der Waals surface area contributed by atoms with Gasteiger partial charge in [0.25, 0.3) is 0 Å². The van der Waals surface area contributed by atoms with E-state index in [0.717, 1.165) is 10.5 Å². The SMILES string of the molecule is CCOC(=O)c1nc2ccc3c(C(F)(F)F)cc(C(F)(F)F)nc3n2c1C. The van der Waals surface area contributed by atoms with Crippen molar-refractivity contribution in [2.24, 2.45) is 0 Å². The van der Waals surface area contributed by atoms with Crippen LogP contribution in [0.25, 0.3) is 16.7 Å². The van der Waals surface area contributed by atoms with Crippen LogP contribution in [0, 0.1) is 6.92 Å². The minimum atomic E-state index is -5.09. The molecule has 0 saturated heterocycles. The molecule has 0 atom stereocenters. The maximum atomic E-state index is 13.3. The highest BCUT2D eigenvalue weighted by Gasteiger charge is 2.40. The predicted octanol–water partition coefficient (Wildman–Crippen LogP) is 4.41. The molecule has 144 valence electrons. The van der Waals surface area contributed by atoms with E-state index >= 15 is 0 Å². The molecular formula is C16H11F6N3O2. The summed E-state index contributed by atoms with van der Waals surface area (Å²) in [5, 5.41) is -0.543. The smallest absolute Gasteiger partial charge is 0.433 e. The number of aromatic nitrogens is 3. The third-order valence-corrected chi connectivity index (χ3v) is 3.85. The quantitative estimate of drug-likeness (QED) is 0.480. The standard InChI is InChI=1S/C16H11F6N3O2/c1-3-27-14(26)12-7(2)25-11(24-12)5-4-8-9(15(17,18)19)6-10(16(20,21)22)23-13(8)25/h4-6H,3H2,1-2H3. The molecule has 3 rings (SSSR count). The Kier molecular flexibility index (Phi) is 4.28. The fourth-order valence-electron chi connectivity index (χ4n) is 2.71. The van der Waals surface area contributed by atoms with Gasteiger partial charge in [-0.15, -0.1) is 0 Å². The summed E-state index contributed by atoms with van der Waals surface area (Å²) in [5.74, 6) is -0.838. The molecule has 0 spiro atoms. The summed E-state index contributed by atoms with van der Waals surface area (Å²) >= 11 is 0. The number of ether oxygens (including phenoxy) is 1. The van der Waals surface area contributed by atoms with E-state index in [0.29, 0.717) is 0 Å². The van der Waals surface area contributed by atoms with E-state index in [-0.39, 0.29) is 29.7 Å². The first-order valence-corrected chi connectivity index (χ1v) is 7.59. The van der Waals surface area contributed by atoms with Crippen LogP contribution in [0.2, 0.25) is 0 Å². The van der Waals surface area contributed by atoms with Gasteiger partial charge in [-0.25, -0.2) is 14.8 Å². The van der Waals surface area contributed by atoms with E-state index in [2.05, 4.69) is 9.97 Å². The van der Waals surface area contributed by atoms with Gasteiger partial charge in [0.1, 0.15) is 17.0 Å². The van der Waals surface area contributed by atoms with Crippen molar-refractivity contribution < 1.29 is 35.9 Å². The van der Waals surface area contributed by atoms with Gasteiger partial charge in [0, 0.05) is 5.39 Å². The lowest BCUT2D eigenvalue weighted by Crippen LogP contribution is -2.15. The Balaban J connectivity index is 2.44. The number of hydrogen-bond acceptors (Lipinski definition) is 4. The number of fused-ring (bicyclic) bond motifs is 3. The zero-order valence-corrected chi connectivity index (χ0v) is 13.9. The topological polar surface area (TPSA) is 56.5 Å². The van der Waals surface area contributed by atoms with E-state index < -0.39 is 40.6 Å². The lowest BCUT2D eigenvalue weighted by molar-refractivity contribution is -0.144. The Morgan fingerprint density at radius 1 is 1.11 bits per heavy atom. The van der Waals surface area contributed by atoms with Crippen molar-refractivity contribution in [2.75, 3.05) is 6.61 Å². The molecule has 0 radical (unpaired) electrons. The molecule has 27 heavy (non-hydrogen) atoms. The van der Waals surface area contributed by atoms with Gasteiger partial charge in [0.05, 0.1) is 17.9 Å². The molecule has 0 bridgehead atoms. The van der Waals surface area contributed by atoms with Crippen LogP contribution in [0.5, 0.6) is 0 Å². The molecule has 0 aliphatic heterocycles. The molecule has 0 aliphatic carbocycles. The first kappa shape index (κ1) is 18.9. The minimum Gasteiger partial charge on any atom is -0.461 e. The van der Waals surface area contributed by atoms with Crippen LogP contribution in [0.1, 0.15) is 34.4 Å². The zero-order valence-electron chi connectivity index (χ0n) is 13.9. The monoisotopic (exact) mass is 391 g/mol.